The third-order valence-corrected chi connectivity index (χ3v) is 7.33. The molecule has 1 saturated carbocycles. The van der Waals surface area contributed by atoms with Gasteiger partial charge in [-0.1, -0.05) is 13.8 Å². The Morgan fingerprint density at radius 3 is 2.62 bits per heavy atom. The van der Waals surface area contributed by atoms with Crippen LogP contribution in [0.5, 0.6) is 0 Å². The average molecular weight is 314 g/mol. The molecule has 4 aliphatic heterocycles. The van der Waals surface area contributed by atoms with Gasteiger partial charge in [0.25, 0.3) is 0 Å². The van der Waals surface area contributed by atoms with E-state index < -0.39 is 11.4 Å². The van der Waals surface area contributed by atoms with Crippen LogP contribution in [0, 0.1) is 23.7 Å². The van der Waals surface area contributed by atoms with Crippen molar-refractivity contribution in [3.05, 3.63) is 0 Å². The minimum absolute atomic E-state index is 0.186. The molecule has 1 aliphatic carbocycles. The summed E-state index contributed by atoms with van der Waals surface area (Å²) in [5.41, 5.74) is -0.217. The SMILES string of the molecule is CS[C@@H]1O[C@@H]2O[C@]3(C)CC[C@H]4[C@H](C)CC[C@@H]([C@H]1C)[C@@]24OO3. The van der Waals surface area contributed by atoms with Crippen LogP contribution in [0.4, 0.5) is 0 Å². The van der Waals surface area contributed by atoms with Crippen LogP contribution in [0.1, 0.15) is 46.5 Å². The van der Waals surface area contributed by atoms with E-state index in [1.165, 1.54) is 12.8 Å². The Morgan fingerprint density at radius 2 is 1.86 bits per heavy atom. The first-order valence-corrected chi connectivity index (χ1v) is 9.52. The normalized spacial score (nSPS) is 59.4. The van der Waals surface area contributed by atoms with Gasteiger partial charge in [-0.25, -0.2) is 9.78 Å². The molecule has 2 bridgehead atoms. The summed E-state index contributed by atoms with van der Waals surface area (Å²) in [4.78, 5) is 11.9. The van der Waals surface area contributed by atoms with E-state index in [0.29, 0.717) is 23.7 Å². The van der Waals surface area contributed by atoms with E-state index in [1.54, 1.807) is 11.8 Å². The first-order chi connectivity index (χ1) is 10.00. The molecule has 21 heavy (non-hydrogen) atoms. The predicted molar refractivity (Wildman–Crippen MR) is 80.3 cm³/mol. The summed E-state index contributed by atoms with van der Waals surface area (Å²) in [6, 6.07) is 0. The smallest absolute Gasteiger partial charge is 0.201 e. The molecule has 0 aromatic rings. The van der Waals surface area contributed by atoms with Crippen LogP contribution >= 0.6 is 11.8 Å². The molecule has 0 amide bonds. The van der Waals surface area contributed by atoms with Crippen molar-refractivity contribution in [1.29, 1.82) is 0 Å². The van der Waals surface area contributed by atoms with Crippen LogP contribution in [0.3, 0.4) is 0 Å². The lowest BCUT2D eigenvalue weighted by Crippen LogP contribution is -2.70. The van der Waals surface area contributed by atoms with Crippen molar-refractivity contribution in [1.82, 2.24) is 0 Å². The third-order valence-electron chi connectivity index (χ3n) is 6.33. The van der Waals surface area contributed by atoms with Crippen molar-refractivity contribution in [2.75, 3.05) is 6.26 Å². The molecule has 0 aromatic carbocycles. The van der Waals surface area contributed by atoms with E-state index in [2.05, 4.69) is 20.1 Å². The molecule has 8 atom stereocenters. The Kier molecular flexibility index (Phi) is 3.40. The van der Waals surface area contributed by atoms with Crippen molar-refractivity contribution in [3.63, 3.8) is 0 Å². The molecule has 4 saturated heterocycles. The Morgan fingerprint density at radius 1 is 1.05 bits per heavy atom. The van der Waals surface area contributed by atoms with E-state index >= 15 is 0 Å². The van der Waals surface area contributed by atoms with Crippen molar-refractivity contribution in [2.24, 2.45) is 23.7 Å². The molecule has 120 valence electrons. The van der Waals surface area contributed by atoms with Gasteiger partial charge in [0.1, 0.15) is 5.44 Å². The van der Waals surface area contributed by atoms with Crippen molar-refractivity contribution < 1.29 is 19.2 Å². The number of rotatable bonds is 1. The minimum atomic E-state index is -0.652. The molecule has 0 unspecified atom stereocenters. The monoisotopic (exact) mass is 314 g/mol. The third kappa shape index (κ3) is 1.91. The highest BCUT2D eigenvalue weighted by Crippen LogP contribution is 2.61. The molecule has 5 heteroatoms. The highest BCUT2D eigenvalue weighted by Gasteiger charge is 2.69. The number of ether oxygens (including phenoxy) is 2. The van der Waals surface area contributed by atoms with Gasteiger partial charge in [-0.3, -0.25) is 0 Å². The molecule has 4 nitrogen and oxygen atoms in total. The lowest BCUT2D eigenvalue weighted by molar-refractivity contribution is -0.568. The number of thioether (sulfide) groups is 1. The van der Waals surface area contributed by atoms with Crippen LogP contribution in [0.25, 0.3) is 0 Å². The summed E-state index contributed by atoms with van der Waals surface area (Å²) in [5, 5.41) is 0. The van der Waals surface area contributed by atoms with Crippen molar-refractivity contribution in [3.8, 4) is 0 Å². The summed E-state index contributed by atoms with van der Waals surface area (Å²) in [6.07, 6.45) is 6.27. The number of hydrogen-bond acceptors (Lipinski definition) is 5. The molecule has 0 radical (unpaired) electrons. The van der Waals surface area contributed by atoms with E-state index in [1.807, 2.05) is 6.92 Å². The summed E-state index contributed by atoms with van der Waals surface area (Å²) in [5.74, 6) is 1.37. The zero-order valence-electron chi connectivity index (χ0n) is 13.3. The van der Waals surface area contributed by atoms with Crippen molar-refractivity contribution in [2.45, 2.75) is 69.6 Å². The Hall–Kier alpha value is 0.190. The van der Waals surface area contributed by atoms with Gasteiger partial charge >= 0.3 is 0 Å². The summed E-state index contributed by atoms with van der Waals surface area (Å²) in [6.45, 7) is 6.63. The Balaban J connectivity index is 1.79. The number of fused-ring (bicyclic) bond motifs is 2. The maximum Gasteiger partial charge on any atom is 0.201 e. The molecule has 5 aliphatic rings. The second-order valence-corrected chi connectivity index (χ2v) is 8.45. The second kappa shape index (κ2) is 4.84. The first kappa shape index (κ1) is 14.8. The van der Waals surface area contributed by atoms with Gasteiger partial charge in [-0.05, 0) is 50.2 Å². The highest BCUT2D eigenvalue weighted by atomic mass is 32.2. The van der Waals surface area contributed by atoms with E-state index in [-0.39, 0.29) is 11.7 Å². The maximum absolute atomic E-state index is 6.34. The Labute approximate surface area is 131 Å². The van der Waals surface area contributed by atoms with Gasteiger partial charge in [0.05, 0.1) is 0 Å². The molecule has 0 N–H and O–H groups in total. The van der Waals surface area contributed by atoms with Gasteiger partial charge in [0, 0.05) is 12.3 Å². The summed E-state index contributed by atoms with van der Waals surface area (Å²) in [7, 11) is 0. The lowest BCUT2D eigenvalue weighted by Gasteiger charge is -2.60. The van der Waals surface area contributed by atoms with E-state index in [4.69, 9.17) is 19.2 Å². The van der Waals surface area contributed by atoms with Gasteiger partial charge in [0.2, 0.25) is 5.79 Å². The fraction of sp³-hybridized carbons (Fsp3) is 1.00. The highest BCUT2D eigenvalue weighted by molar-refractivity contribution is 7.99. The van der Waals surface area contributed by atoms with Crippen LogP contribution < -0.4 is 0 Å². The van der Waals surface area contributed by atoms with Crippen LogP contribution in [-0.4, -0.2) is 29.4 Å². The molecule has 1 spiro atoms. The van der Waals surface area contributed by atoms with Gasteiger partial charge in [-0.2, -0.15) is 0 Å². The molecule has 5 rings (SSSR count). The Bertz CT molecular complexity index is 433. The largest absolute Gasteiger partial charge is 0.335 e. The molecule has 4 heterocycles. The quantitative estimate of drug-likeness (QED) is 0.692. The first-order valence-electron chi connectivity index (χ1n) is 8.23. The van der Waals surface area contributed by atoms with E-state index in [0.717, 1.165) is 12.8 Å². The predicted octanol–water partition coefficient (Wildman–Crippen LogP) is 3.56. The zero-order valence-corrected chi connectivity index (χ0v) is 14.2. The molecule has 0 aromatic heterocycles. The number of hydrogen-bond donors (Lipinski definition) is 0. The topological polar surface area (TPSA) is 36.9 Å². The van der Waals surface area contributed by atoms with Gasteiger partial charge in [0.15, 0.2) is 11.9 Å². The fourth-order valence-corrected chi connectivity index (χ4v) is 5.97. The standard InChI is InChI=1S/C16H26O4S/c1-9-5-6-12-10(2)13(21-4)17-14-16(12)11(9)7-8-15(3,18-14)19-20-16/h9-14H,5-8H2,1-4H3/t9-,10-,11+,12+,13+,14-,15+,16-/m1/s1. The summed E-state index contributed by atoms with van der Waals surface area (Å²) < 4.78 is 12.6. The molecular formula is C16H26O4S. The average Bonchev–Trinajstić information content (AvgIpc) is 2.69. The maximum atomic E-state index is 6.34. The van der Waals surface area contributed by atoms with Crippen molar-refractivity contribution >= 4 is 11.8 Å². The van der Waals surface area contributed by atoms with Crippen LogP contribution in [-0.2, 0) is 19.2 Å². The second-order valence-electron chi connectivity index (χ2n) is 7.51. The lowest BCUT2D eigenvalue weighted by atomic mass is 9.58. The van der Waals surface area contributed by atoms with Crippen LogP contribution in [0.15, 0.2) is 0 Å². The van der Waals surface area contributed by atoms with Gasteiger partial charge < -0.3 is 9.47 Å². The van der Waals surface area contributed by atoms with E-state index in [9.17, 15) is 0 Å². The molecule has 5 fully saturated rings. The molecular weight excluding hydrogens is 288 g/mol. The zero-order chi connectivity index (χ0) is 14.8. The van der Waals surface area contributed by atoms with Crippen LogP contribution in [0.2, 0.25) is 0 Å². The summed E-state index contributed by atoms with van der Waals surface area (Å²) >= 11 is 1.79. The fourth-order valence-electron chi connectivity index (χ4n) is 5.14. The minimum Gasteiger partial charge on any atom is -0.335 e. The van der Waals surface area contributed by atoms with Gasteiger partial charge in [-0.15, -0.1) is 11.8 Å².